The molecule has 0 aromatic heterocycles. The second kappa shape index (κ2) is 10.5. The van der Waals surface area contributed by atoms with Gasteiger partial charge in [0.15, 0.2) is 0 Å². The molecule has 132 valence electrons. The third-order valence-electron chi connectivity index (χ3n) is 4.47. The van der Waals surface area contributed by atoms with Gasteiger partial charge in [-0.25, -0.2) is 4.79 Å². The first-order chi connectivity index (χ1) is 12.2. The summed E-state index contributed by atoms with van der Waals surface area (Å²) in [6.07, 6.45) is 7.55. The molecule has 0 aliphatic heterocycles. The smallest absolute Gasteiger partial charge is 0.332 e. The Morgan fingerprint density at radius 3 is 1.72 bits per heavy atom. The number of aliphatic carboxylic acids is 1. The molecule has 2 nitrogen and oxygen atoms in total. The highest BCUT2D eigenvalue weighted by Gasteiger charge is 2.17. The van der Waals surface area contributed by atoms with Crippen molar-refractivity contribution in [1.82, 2.24) is 0 Å². The lowest BCUT2D eigenvalue weighted by molar-refractivity contribution is -0.132. The molecule has 2 heteroatoms. The number of unbranched alkanes of at least 4 members (excludes halogenated alkanes) is 5. The summed E-state index contributed by atoms with van der Waals surface area (Å²) in [5.41, 5.74) is 3.31. The second-order valence-corrected chi connectivity index (χ2v) is 6.41. The quantitative estimate of drug-likeness (QED) is 0.407. The molecule has 0 spiro atoms. The van der Waals surface area contributed by atoms with Crippen LogP contribution in [0.1, 0.15) is 63.0 Å². The Bertz CT molecular complexity index is 630. The summed E-state index contributed by atoms with van der Waals surface area (Å²) in [6.45, 7) is 2.21. The van der Waals surface area contributed by atoms with Crippen LogP contribution in [0.15, 0.2) is 66.2 Å². The largest absolute Gasteiger partial charge is 0.478 e. The first kappa shape index (κ1) is 19.0. The Kier molecular flexibility index (Phi) is 7.97. The summed E-state index contributed by atoms with van der Waals surface area (Å²) in [4.78, 5) is 12.0. The van der Waals surface area contributed by atoms with Crippen LogP contribution in [-0.2, 0) is 4.79 Å². The van der Waals surface area contributed by atoms with E-state index < -0.39 is 5.97 Å². The molecule has 2 rings (SSSR count). The van der Waals surface area contributed by atoms with Crippen molar-refractivity contribution in [2.75, 3.05) is 0 Å². The van der Waals surface area contributed by atoms with Crippen molar-refractivity contribution in [1.29, 1.82) is 0 Å². The monoisotopic (exact) mass is 336 g/mol. The average Bonchev–Trinajstić information content (AvgIpc) is 2.65. The maximum atomic E-state index is 12.0. The van der Waals surface area contributed by atoms with E-state index in [1.54, 1.807) is 0 Å². The van der Waals surface area contributed by atoms with Crippen molar-refractivity contribution in [2.24, 2.45) is 0 Å². The van der Waals surface area contributed by atoms with Crippen LogP contribution >= 0.6 is 0 Å². The van der Waals surface area contributed by atoms with E-state index in [4.69, 9.17) is 0 Å². The molecule has 0 radical (unpaired) electrons. The van der Waals surface area contributed by atoms with E-state index >= 15 is 0 Å². The number of carbonyl (C=O) groups is 1. The van der Waals surface area contributed by atoms with Crippen molar-refractivity contribution in [3.8, 4) is 0 Å². The molecule has 0 saturated heterocycles. The summed E-state index contributed by atoms with van der Waals surface area (Å²) in [5.74, 6) is -0.809. The van der Waals surface area contributed by atoms with Gasteiger partial charge in [-0.1, -0.05) is 99.7 Å². The van der Waals surface area contributed by atoms with Gasteiger partial charge in [-0.2, -0.15) is 0 Å². The lowest BCUT2D eigenvalue weighted by Crippen LogP contribution is -2.06. The highest BCUT2D eigenvalue weighted by molar-refractivity contribution is 6.00. The molecular weight excluding hydrogens is 308 g/mol. The van der Waals surface area contributed by atoms with Gasteiger partial charge in [-0.05, 0) is 29.5 Å². The van der Waals surface area contributed by atoms with Crippen LogP contribution in [0.3, 0.4) is 0 Å². The van der Waals surface area contributed by atoms with Crippen LogP contribution in [0.5, 0.6) is 0 Å². The van der Waals surface area contributed by atoms with E-state index in [1.165, 1.54) is 25.7 Å². The number of hydrogen-bond donors (Lipinski definition) is 1. The molecule has 2 aromatic rings. The number of carboxylic acids is 1. The van der Waals surface area contributed by atoms with Crippen molar-refractivity contribution in [2.45, 2.75) is 51.9 Å². The fourth-order valence-corrected chi connectivity index (χ4v) is 3.15. The Morgan fingerprint density at radius 1 is 0.760 bits per heavy atom. The number of benzene rings is 2. The Morgan fingerprint density at radius 2 is 1.24 bits per heavy atom. The summed E-state index contributed by atoms with van der Waals surface area (Å²) < 4.78 is 0. The number of carboxylic acid groups (broad SMARTS) is 1. The lowest BCUT2D eigenvalue weighted by Gasteiger charge is -2.14. The number of rotatable bonds is 10. The molecule has 0 heterocycles. The van der Waals surface area contributed by atoms with Crippen molar-refractivity contribution in [3.63, 3.8) is 0 Å². The average molecular weight is 336 g/mol. The number of hydrogen-bond acceptors (Lipinski definition) is 1. The van der Waals surface area contributed by atoms with Crippen molar-refractivity contribution >= 4 is 11.5 Å². The molecule has 0 aliphatic rings. The van der Waals surface area contributed by atoms with Gasteiger partial charge in [-0.15, -0.1) is 0 Å². The maximum Gasteiger partial charge on any atom is 0.332 e. The fraction of sp³-hybridized carbons (Fsp3) is 0.348. The SMILES string of the molecule is CCCCCCCCC(C(=O)O)=C(c1ccccc1)c1ccccc1. The molecule has 0 saturated carbocycles. The van der Waals surface area contributed by atoms with Gasteiger partial charge in [0.1, 0.15) is 0 Å². The molecule has 25 heavy (non-hydrogen) atoms. The Balaban J connectivity index is 2.27. The summed E-state index contributed by atoms with van der Waals surface area (Å²) in [6, 6.07) is 19.7. The third-order valence-corrected chi connectivity index (χ3v) is 4.47. The minimum absolute atomic E-state index is 0.521. The summed E-state index contributed by atoms with van der Waals surface area (Å²) in [5, 5.41) is 9.85. The van der Waals surface area contributed by atoms with Crippen LogP contribution in [-0.4, -0.2) is 11.1 Å². The van der Waals surface area contributed by atoms with E-state index in [1.807, 2.05) is 60.7 Å². The predicted octanol–water partition coefficient (Wildman–Crippen LogP) is 6.32. The zero-order chi connectivity index (χ0) is 17.9. The Labute approximate surface area is 151 Å². The van der Waals surface area contributed by atoms with E-state index in [0.717, 1.165) is 29.5 Å². The van der Waals surface area contributed by atoms with E-state index in [2.05, 4.69) is 6.92 Å². The van der Waals surface area contributed by atoms with Crippen LogP contribution in [0.4, 0.5) is 0 Å². The molecule has 0 aliphatic carbocycles. The molecule has 0 amide bonds. The standard InChI is InChI=1S/C23H28O2/c1-2-3-4-5-6-13-18-21(23(24)25)22(19-14-9-7-10-15-19)20-16-11-8-12-17-20/h7-12,14-17H,2-6,13,18H2,1H3,(H,24,25). The minimum Gasteiger partial charge on any atom is -0.478 e. The topological polar surface area (TPSA) is 37.3 Å². The molecular formula is C23H28O2. The van der Waals surface area contributed by atoms with Crippen LogP contribution < -0.4 is 0 Å². The van der Waals surface area contributed by atoms with Gasteiger partial charge in [0.2, 0.25) is 0 Å². The second-order valence-electron chi connectivity index (χ2n) is 6.41. The van der Waals surface area contributed by atoms with Crippen LogP contribution in [0.25, 0.3) is 5.57 Å². The van der Waals surface area contributed by atoms with Crippen LogP contribution in [0.2, 0.25) is 0 Å². The Hall–Kier alpha value is -2.35. The van der Waals surface area contributed by atoms with E-state index in [9.17, 15) is 9.90 Å². The predicted molar refractivity (Wildman–Crippen MR) is 105 cm³/mol. The van der Waals surface area contributed by atoms with Crippen LogP contribution in [0, 0.1) is 0 Å². The van der Waals surface area contributed by atoms with Gasteiger partial charge in [-0.3, -0.25) is 0 Å². The normalized spacial score (nSPS) is 10.4. The zero-order valence-corrected chi connectivity index (χ0v) is 15.1. The van der Waals surface area contributed by atoms with Gasteiger partial charge in [0.05, 0.1) is 0 Å². The third kappa shape index (κ3) is 5.90. The van der Waals surface area contributed by atoms with Crippen molar-refractivity contribution in [3.05, 3.63) is 77.4 Å². The van der Waals surface area contributed by atoms with E-state index in [-0.39, 0.29) is 0 Å². The molecule has 1 N–H and O–H groups in total. The molecule has 0 atom stereocenters. The summed E-state index contributed by atoms with van der Waals surface area (Å²) >= 11 is 0. The zero-order valence-electron chi connectivity index (χ0n) is 15.1. The molecule has 0 unspecified atom stereocenters. The molecule has 0 bridgehead atoms. The maximum absolute atomic E-state index is 12.0. The minimum atomic E-state index is -0.809. The van der Waals surface area contributed by atoms with Gasteiger partial charge in [0.25, 0.3) is 0 Å². The van der Waals surface area contributed by atoms with Gasteiger partial charge < -0.3 is 5.11 Å². The van der Waals surface area contributed by atoms with E-state index in [0.29, 0.717) is 12.0 Å². The lowest BCUT2D eigenvalue weighted by atomic mass is 9.90. The first-order valence-electron chi connectivity index (χ1n) is 9.31. The van der Waals surface area contributed by atoms with Crippen molar-refractivity contribution < 1.29 is 9.90 Å². The molecule has 0 fully saturated rings. The summed E-state index contributed by atoms with van der Waals surface area (Å²) in [7, 11) is 0. The first-order valence-corrected chi connectivity index (χ1v) is 9.31. The highest BCUT2D eigenvalue weighted by atomic mass is 16.4. The van der Waals surface area contributed by atoms with Gasteiger partial charge >= 0.3 is 5.97 Å². The van der Waals surface area contributed by atoms with Gasteiger partial charge in [0, 0.05) is 5.57 Å². The molecule has 2 aromatic carbocycles. The highest BCUT2D eigenvalue weighted by Crippen LogP contribution is 2.29. The fourth-order valence-electron chi connectivity index (χ4n) is 3.15.